The molecule has 0 bridgehead atoms. The van der Waals surface area contributed by atoms with Crippen molar-refractivity contribution in [3.05, 3.63) is 77.4 Å². The molecule has 1 atom stereocenters. The minimum Gasteiger partial charge on any atom is -0.492 e. The average molecular weight is 692 g/mol. The van der Waals surface area contributed by atoms with Crippen LogP contribution in [-0.2, 0) is 48.2 Å². The molecule has 0 aliphatic carbocycles. The summed E-state index contributed by atoms with van der Waals surface area (Å²) in [6.45, 7) is 5.43. The maximum absolute atomic E-state index is 13.8. The van der Waals surface area contributed by atoms with Gasteiger partial charge in [0.15, 0.2) is 6.61 Å². The van der Waals surface area contributed by atoms with Gasteiger partial charge in [-0.2, -0.15) is 17.5 Å². The van der Waals surface area contributed by atoms with Gasteiger partial charge in [-0.25, -0.2) is 8.42 Å². The number of morpholine rings is 1. The Balaban J connectivity index is 1.37. The number of anilines is 2. The quantitative estimate of drug-likeness (QED) is 0.287. The standard InChI is InChI=1S/C33H36F3N3O8S/c1-3-45-28-19-26(38-13-15-44-16-14-38)29(46-4-2)18-25(28)37-31(40)21-47-32(41)27-17-22-9-5-6-10-23(22)20-39(27)48(42,43)30-12-8-7-11-24(30)33(34,35)36/h5-12,18-19,27H,3-4,13-17,20-21H2,1-2H3,(H,37,40). The van der Waals surface area contributed by atoms with E-state index in [-0.39, 0.29) is 18.7 Å². The first kappa shape index (κ1) is 35.0. The predicted molar refractivity (Wildman–Crippen MR) is 170 cm³/mol. The van der Waals surface area contributed by atoms with Gasteiger partial charge in [0, 0.05) is 38.2 Å². The number of esters is 1. The number of hydrogen-bond donors (Lipinski definition) is 1. The summed E-state index contributed by atoms with van der Waals surface area (Å²) >= 11 is 0. The van der Waals surface area contributed by atoms with E-state index in [1.165, 1.54) is 6.07 Å². The minimum atomic E-state index is -4.96. The Kier molecular flexibility index (Phi) is 10.8. The summed E-state index contributed by atoms with van der Waals surface area (Å²) in [5, 5.41) is 2.67. The molecule has 3 aromatic rings. The summed E-state index contributed by atoms with van der Waals surface area (Å²) in [6, 6.07) is 12.3. The van der Waals surface area contributed by atoms with E-state index in [2.05, 4.69) is 10.2 Å². The van der Waals surface area contributed by atoms with Gasteiger partial charge in [-0.1, -0.05) is 36.4 Å². The van der Waals surface area contributed by atoms with Crippen LogP contribution in [0.1, 0.15) is 30.5 Å². The van der Waals surface area contributed by atoms with Crippen molar-refractivity contribution in [3.63, 3.8) is 0 Å². The maximum Gasteiger partial charge on any atom is 0.417 e. The molecule has 15 heteroatoms. The molecule has 258 valence electrons. The summed E-state index contributed by atoms with van der Waals surface area (Å²) in [5.41, 5.74) is 0.828. The first-order chi connectivity index (χ1) is 22.9. The third kappa shape index (κ3) is 7.69. The summed E-state index contributed by atoms with van der Waals surface area (Å²) in [7, 11) is -4.87. The molecule has 2 heterocycles. The topological polar surface area (TPSA) is 124 Å². The molecule has 11 nitrogen and oxygen atoms in total. The van der Waals surface area contributed by atoms with Gasteiger partial charge in [0.25, 0.3) is 5.91 Å². The van der Waals surface area contributed by atoms with Crippen LogP contribution < -0.4 is 19.7 Å². The molecule has 5 rings (SSSR count). The number of ether oxygens (including phenoxy) is 4. The monoisotopic (exact) mass is 691 g/mol. The fourth-order valence-corrected chi connectivity index (χ4v) is 7.44. The third-order valence-electron chi connectivity index (χ3n) is 7.89. The van der Waals surface area contributed by atoms with Crippen LogP contribution in [0.5, 0.6) is 11.5 Å². The van der Waals surface area contributed by atoms with Crippen molar-refractivity contribution < 1.29 is 50.1 Å². The lowest BCUT2D eigenvalue weighted by atomic mass is 9.96. The molecule has 2 aliphatic heterocycles. The Hall–Kier alpha value is -4.34. The second kappa shape index (κ2) is 14.8. The Bertz CT molecular complexity index is 1750. The highest BCUT2D eigenvalue weighted by atomic mass is 32.2. The number of rotatable bonds is 11. The lowest BCUT2D eigenvalue weighted by molar-refractivity contribution is -0.151. The lowest BCUT2D eigenvalue weighted by Gasteiger charge is -2.34. The summed E-state index contributed by atoms with van der Waals surface area (Å²) < 4.78 is 92.2. The summed E-state index contributed by atoms with van der Waals surface area (Å²) in [5.74, 6) is -0.989. The minimum absolute atomic E-state index is 0.167. The van der Waals surface area contributed by atoms with E-state index in [0.717, 1.165) is 17.8 Å². The number of alkyl halides is 3. The zero-order chi connectivity index (χ0) is 34.5. The molecular formula is C33H36F3N3O8S. The third-order valence-corrected chi connectivity index (χ3v) is 9.80. The molecule has 1 amide bonds. The van der Waals surface area contributed by atoms with Crippen LogP contribution in [0.4, 0.5) is 24.5 Å². The Morgan fingerprint density at radius 2 is 1.58 bits per heavy atom. The summed E-state index contributed by atoms with van der Waals surface area (Å²) in [6.07, 6.45) is -5.13. The highest BCUT2D eigenvalue weighted by molar-refractivity contribution is 7.89. The van der Waals surface area contributed by atoms with Crippen LogP contribution >= 0.6 is 0 Å². The summed E-state index contributed by atoms with van der Waals surface area (Å²) in [4.78, 5) is 27.7. The number of carbonyl (C=O) groups is 2. The second-order valence-corrected chi connectivity index (χ2v) is 12.8. The lowest BCUT2D eigenvalue weighted by Crippen LogP contribution is -2.49. The van der Waals surface area contributed by atoms with Crippen LogP contribution in [0, 0.1) is 0 Å². The van der Waals surface area contributed by atoms with E-state index in [4.69, 9.17) is 18.9 Å². The molecule has 1 N–H and O–H groups in total. The number of amides is 1. The second-order valence-electron chi connectivity index (χ2n) is 11.0. The molecule has 1 unspecified atom stereocenters. The first-order valence-electron chi connectivity index (χ1n) is 15.4. The molecular weight excluding hydrogens is 655 g/mol. The van der Waals surface area contributed by atoms with Crippen LogP contribution in [0.25, 0.3) is 0 Å². The van der Waals surface area contributed by atoms with Crippen LogP contribution in [0.15, 0.2) is 65.6 Å². The van der Waals surface area contributed by atoms with E-state index in [1.54, 1.807) is 43.3 Å². The van der Waals surface area contributed by atoms with E-state index >= 15 is 0 Å². The number of halogens is 3. The van der Waals surface area contributed by atoms with Crippen molar-refractivity contribution in [3.8, 4) is 11.5 Å². The van der Waals surface area contributed by atoms with E-state index in [0.29, 0.717) is 72.5 Å². The number of nitrogens with one attached hydrogen (secondary N) is 1. The molecule has 1 saturated heterocycles. The molecule has 0 spiro atoms. The number of hydrogen-bond acceptors (Lipinski definition) is 9. The van der Waals surface area contributed by atoms with Gasteiger partial charge in [-0.05, 0) is 37.1 Å². The van der Waals surface area contributed by atoms with Crippen molar-refractivity contribution in [1.82, 2.24) is 4.31 Å². The van der Waals surface area contributed by atoms with Crippen molar-refractivity contribution in [1.29, 1.82) is 0 Å². The number of sulfonamides is 1. The Morgan fingerprint density at radius 3 is 2.27 bits per heavy atom. The van der Waals surface area contributed by atoms with Crippen LogP contribution in [0.2, 0.25) is 0 Å². The molecule has 0 radical (unpaired) electrons. The van der Waals surface area contributed by atoms with Gasteiger partial charge in [-0.3, -0.25) is 9.59 Å². The van der Waals surface area contributed by atoms with Gasteiger partial charge in [0.1, 0.15) is 17.5 Å². The zero-order valence-corrected chi connectivity index (χ0v) is 27.2. The maximum atomic E-state index is 13.8. The van der Waals surface area contributed by atoms with Gasteiger partial charge >= 0.3 is 12.1 Å². The Morgan fingerprint density at radius 1 is 0.938 bits per heavy atom. The Labute approximate surface area is 276 Å². The van der Waals surface area contributed by atoms with Gasteiger partial charge in [0.05, 0.1) is 48.3 Å². The normalized spacial score (nSPS) is 16.9. The molecule has 0 saturated carbocycles. The van der Waals surface area contributed by atoms with Gasteiger partial charge < -0.3 is 29.2 Å². The van der Waals surface area contributed by atoms with Crippen LogP contribution in [-0.4, -0.2) is 76.8 Å². The number of fused-ring (bicyclic) bond motifs is 1. The van der Waals surface area contributed by atoms with E-state index in [9.17, 15) is 31.2 Å². The molecule has 0 aromatic heterocycles. The average Bonchev–Trinajstić information content (AvgIpc) is 3.08. The SMILES string of the molecule is CCOc1cc(N2CCOCC2)c(OCC)cc1NC(=O)COC(=O)C1Cc2ccccc2CN1S(=O)(=O)c1ccccc1C(F)(F)F. The molecule has 3 aromatic carbocycles. The highest BCUT2D eigenvalue weighted by Gasteiger charge is 2.44. The number of nitrogens with zero attached hydrogens (tertiary/aromatic N) is 2. The van der Waals surface area contributed by atoms with Crippen molar-refractivity contribution in [2.45, 2.75) is 43.9 Å². The van der Waals surface area contributed by atoms with Crippen molar-refractivity contribution >= 4 is 33.3 Å². The van der Waals surface area contributed by atoms with Gasteiger partial charge in [-0.15, -0.1) is 0 Å². The fourth-order valence-electron chi connectivity index (χ4n) is 5.67. The van der Waals surface area contributed by atoms with Crippen molar-refractivity contribution in [2.75, 3.05) is 56.3 Å². The smallest absolute Gasteiger partial charge is 0.417 e. The molecule has 48 heavy (non-hydrogen) atoms. The van der Waals surface area contributed by atoms with Crippen LogP contribution in [0.3, 0.4) is 0 Å². The number of benzene rings is 3. The van der Waals surface area contributed by atoms with Crippen molar-refractivity contribution in [2.24, 2.45) is 0 Å². The largest absolute Gasteiger partial charge is 0.492 e. The molecule has 1 fully saturated rings. The fraction of sp³-hybridized carbons (Fsp3) is 0.394. The molecule has 2 aliphatic rings. The highest BCUT2D eigenvalue weighted by Crippen LogP contribution is 2.40. The predicted octanol–water partition coefficient (Wildman–Crippen LogP) is 4.64. The van der Waals surface area contributed by atoms with Gasteiger partial charge in [0.2, 0.25) is 10.0 Å². The van der Waals surface area contributed by atoms with E-state index in [1.807, 2.05) is 6.92 Å². The number of carbonyl (C=O) groups excluding carboxylic acids is 2. The van der Waals surface area contributed by atoms with E-state index < -0.39 is 51.2 Å². The zero-order valence-electron chi connectivity index (χ0n) is 26.4. The first-order valence-corrected chi connectivity index (χ1v) is 16.9.